The van der Waals surface area contributed by atoms with Crippen LogP contribution < -0.4 is 10.6 Å². The van der Waals surface area contributed by atoms with E-state index in [1.807, 2.05) is 30.3 Å². The van der Waals surface area contributed by atoms with Gasteiger partial charge in [0.1, 0.15) is 5.75 Å². The predicted molar refractivity (Wildman–Crippen MR) is 88.5 cm³/mol. The summed E-state index contributed by atoms with van der Waals surface area (Å²) in [5.74, 6) is 1.13. The number of anilines is 4. The van der Waals surface area contributed by atoms with E-state index in [9.17, 15) is 5.11 Å². The molecular weight excluding hydrogens is 308 g/mol. The highest BCUT2D eigenvalue weighted by molar-refractivity contribution is 5.79. The molecule has 0 aliphatic rings. The zero-order chi connectivity index (χ0) is 16.4. The van der Waals surface area contributed by atoms with E-state index in [1.54, 1.807) is 24.3 Å². The van der Waals surface area contributed by atoms with Gasteiger partial charge in [-0.3, -0.25) is 0 Å². The molecule has 0 fully saturated rings. The van der Waals surface area contributed by atoms with Crippen LogP contribution in [0, 0.1) is 0 Å². The van der Waals surface area contributed by atoms with Crippen LogP contribution in [0.1, 0.15) is 0 Å². The second kappa shape index (κ2) is 5.84. The van der Waals surface area contributed by atoms with Gasteiger partial charge in [-0.2, -0.15) is 0 Å². The minimum Gasteiger partial charge on any atom is -0.508 e. The van der Waals surface area contributed by atoms with Gasteiger partial charge in [-0.1, -0.05) is 18.2 Å². The molecule has 8 nitrogen and oxygen atoms in total. The molecule has 24 heavy (non-hydrogen) atoms. The van der Waals surface area contributed by atoms with Crippen LogP contribution in [0.15, 0.2) is 59.2 Å². The summed E-state index contributed by atoms with van der Waals surface area (Å²) in [5.41, 5.74) is 2.21. The fourth-order valence-electron chi connectivity index (χ4n) is 2.15. The number of phenols is 1. The number of rotatable bonds is 4. The number of benzene rings is 2. The molecule has 0 atom stereocenters. The first-order valence-electron chi connectivity index (χ1n) is 7.16. The third-order valence-electron chi connectivity index (χ3n) is 3.28. The van der Waals surface area contributed by atoms with E-state index in [4.69, 9.17) is 0 Å². The number of nitrogens with zero attached hydrogens (tertiary/aromatic N) is 4. The molecule has 0 bridgehead atoms. The lowest BCUT2D eigenvalue weighted by molar-refractivity contribution is 0.314. The highest BCUT2D eigenvalue weighted by Crippen LogP contribution is 2.27. The Kier molecular flexibility index (Phi) is 3.39. The summed E-state index contributed by atoms with van der Waals surface area (Å²) in [5, 5.41) is 23.2. The number of aromatic nitrogens is 4. The number of phenolic OH excluding ortho intramolecular Hbond substituents is 1. The lowest BCUT2D eigenvalue weighted by atomic mass is 10.3. The van der Waals surface area contributed by atoms with Crippen LogP contribution in [0.3, 0.4) is 0 Å². The van der Waals surface area contributed by atoms with Crippen molar-refractivity contribution in [3.63, 3.8) is 0 Å². The van der Waals surface area contributed by atoms with Crippen LogP contribution in [0.5, 0.6) is 5.75 Å². The first kappa shape index (κ1) is 13.9. The fraction of sp³-hybridized carbons (Fsp3) is 0. The summed E-state index contributed by atoms with van der Waals surface area (Å²) in [6, 6.07) is 16.2. The van der Waals surface area contributed by atoms with Gasteiger partial charge in [-0.25, -0.2) is 14.6 Å². The molecule has 8 heteroatoms. The molecule has 3 N–H and O–H groups in total. The van der Waals surface area contributed by atoms with E-state index in [1.165, 1.54) is 0 Å². The summed E-state index contributed by atoms with van der Waals surface area (Å²) in [4.78, 5) is 8.77. The lowest BCUT2D eigenvalue weighted by Crippen LogP contribution is -2.03. The summed E-state index contributed by atoms with van der Waals surface area (Å²) in [6.07, 6.45) is 0. The number of para-hydroxylation sites is 1. The van der Waals surface area contributed by atoms with Crippen LogP contribution >= 0.6 is 0 Å². The van der Waals surface area contributed by atoms with E-state index in [0.29, 0.717) is 22.9 Å². The Balaban J connectivity index is 1.74. The lowest BCUT2D eigenvalue weighted by Gasteiger charge is -2.11. The van der Waals surface area contributed by atoms with Gasteiger partial charge in [0.25, 0.3) is 0 Å². The van der Waals surface area contributed by atoms with Crippen LogP contribution in [0.25, 0.3) is 11.3 Å². The zero-order valence-electron chi connectivity index (χ0n) is 12.3. The Morgan fingerprint density at radius 1 is 0.708 bits per heavy atom. The van der Waals surface area contributed by atoms with Crippen LogP contribution in [-0.2, 0) is 0 Å². The zero-order valence-corrected chi connectivity index (χ0v) is 12.3. The van der Waals surface area contributed by atoms with Crippen molar-refractivity contribution in [3.05, 3.63) is 54.6 Å². The molecule has 4 rings (SSSR count). The molecule has 0 unspecified atom stereocenters. The van der Waals surface area contributed by atoms with E-state index in [2.05, 4.69) is 35.5 Å². The van der Waals surface area contributed by atoms with Gasteiger partial charge in [-0.15, -0.1) is 0 Å². The maximum Gasteiger partial charge on any atom is 0.245 e. The molecule has 0 spiro atoms. The summed E-state index contributed by atoms with van der Waals surface area (Å²) < 4.78 is 4.68. The van der Waals surface area contributed by atoms with Gasteiger partial charge in [-0.05, 0) is 46.7 Å². The molecule has 0 aliphatic heterocycles. The number of hydrogen-bond donors (Lipinski definition) is 3. The Bertz CT molecular complexity index is 969. The number of fused-ring (bicyclic) bond motifs is 1. The maximum atomic E-state index is 9.39. The van der Waals surface area contributed by atoms with Crippen molar-refractivity contribution in [2.24, 2.45) is 0 Å². The van der Waals surface area contributed by atoms with Gasteiger partial charge in [0.2, 0.25) is 11.3 Å². The van der Waals surface area contributed by atoms with E-state index >= 15 is 0 Å². The van der Waals surface area contributed by atoms with Crippen molar-refractivity contribution < 1.29 is 9.74 Å². The van der Waals surface area contributed by atoms with Gasteiger partial charge >= 0.3 is 0 Å². The minimum absolute atomic E-state index is 0.186. The normalized spacial score (nSPS) is 10.7. The SMILES string of the molecule is Oc1ccc(Nc2nc3nonc3nc2Nc2ccccc2)cc1. The van der Waals surface area contributed by atoms with Crippen molar-refractivity contribution in [3.8, 4) is 5.75 Å². The predicted octanol–water partition coefficient (Wildman–Crippen LogP) is 3.21. The third-order valence-corrected chi connectivity index (χ3v) is 3.28. The standard InChI is InChI=1S/C16H12N6O2/c23-12-8-6-11(7-9-12)18-14-13(17-10-4-2-1-3-5-10)19-15-16(20-14)22-24-21-15/h1-9,23H,(H,17,19,21)(H,18,20,22). The van der Waals surface area contributed by atoms with Crippen molar-refractivity contribution in [2.45, 2.75) is 0 Å². The van der Waals surface area contributed by atoms with Gasteiger partial charge in [0, 0.05) is 11.4 Å². The molecule has 2 aromatic carbocycles. The molecule has 4 aromatic rings. The minimum atomic E-state index is 0.186. The second-order valence-corrected chi connectivity index (χ2v) is 5.00. The Morgan fingerprint density at radius 2 is 1.25 bits per heavy atom. The van der Waals surface area contributed by atoms with Crippen molar-refractivity contribution >= 4 is 34.3 Å². The Labute approximate surface area is 136 Å². The molecule has 0 aliphatic carbocycles. The Morgan fingerprint density at radius 3 is 1.83 bits per heavy atom. The summed E-state index contributed by atoms with van der Waals surface area (Å²) in [7, 11) is 0. The molecule has 0 amide bonds. The van der Waals surface area contributed by atoms with E-state index < -0.39 is 0 Å². The average Bonchev–Trinajstić information content (AvgIpc) is 3.05. The molecule has 0 saturated heterocycles. The van der Waals surface area contributed by atoms with Crippen molar-refractivity contribution in [1.82, 2.24) is 20.3 Å². The maximum absolute atomic E-state index is 9.39. The first-order valence-corrected chi connectivity index (χ1v) is 7.16. The topological polar surface area (TPSA) is 109 Å². The number of aromatic hydroxyl groups is 1. The van der Waals surface area contributed by atoms with Crippen molar-refractivity contribution in [1.29, 1.82) is 0 Å². The van der Waals surface area contributed by atoms with Crippen LogP contribution in [0.4, 0.5) is 23.0 Å². The highest BCUT2D eigenvalue weighted by Gasteiger charge is 2.13. The summed E-state index contributed by atoms with van der Waals surface area (Å²) in [6.45, 7) is 0. The first-order chi connectivity index (χ1) is 11.8. The van der Waals surface area contributed by atoms with Gasteiger partial charge in [0.15, 0.2) is 11.6 Å². The molecule has 2 heterocycles. The van der Waals surface area contributed by atoms with Crippen LogP contribution in [0.2, 0.25) is 0 Å². The monoisotopic (exact) mass is 320 g/mol. The second-order valence-electron chi connectivity index (χ2n) is 5.00. The largest absolute Gasteiger partial charge is 0.508 e. The van der Waals surface area contributed by atoms with E-state index in [-0.39, 0.29) is 5.75 Å². The third kappa shape index (κ3) is 2.80. The average molecular weight is 320 g/mol. The molecule has 2 aromatic heterocycles. The summed E-state index contributed by atoms with van der Waals surface area (Å²) >= 11 is 0. The quantitative estimate of drug-likeness (QED) is 0.492. The van der Waals surface area contributed by atoms with Crippen LogP contribution in [-0.4, -0.2) is 25.4 Å². The highest BCUT2D eigenvalue weighted by atomic mass is 16.6. The number of hydrogen-bond acceptors (Lipinski definition) is 8. The van der Waals surface area contributed by atoms with Gasteiger partial charge in [0.05, 0.1) is 0 Å². The van der Waals surface area contributed by atoms with E-state index in [0.717, 1.165) is 11.4 Å². The Hall–Kier alpha value is -3.68. The van der Waals surface area contributed by atoms with Gasteiger partial charge < -0.3 is 15.7 Å². The van der Waals surface area contributed by atoms with Crippen molar-refractivity contribution in [2.75, 3.05) is 10.6 Å². The smallest absolute Gasteiger partial charge is 0.245 e. The number of nitrogens with one attached hydrogen (secondary N) is 2. The molecular formula is C16H12N6O2. The fourth-order valence-corrected chi connectivity index (χ4v) is 2.15. The molecule has 0 saturated carbocycles. The molecule has 118 valence electrons. The molecule has 0 radical (unpaired) electrons.